The van der Waals surface area contributed by atoms with Crippen molar-refractivity contribution in [2.24, 2.45) is 11.8 Å². The third-order valence-electron chi connectivity index (χ3n) is 4.33. The molecule has 0 aliphatic heterocycles. The zero-order valence-electron chi connectivity index (χ0n) is 12.2. The Balaban J connectivity index is 1.92. The fraction of sp³-hybridized carbons (Fsp3) is 0.500. The van der Waals surface area contributed by atoms with Crippen LogP contribution in [0.25, 0.3) is 6.08 Å². The molecule has 0 amide bonds. The SMILES string of the molecule is C[C@@H](C(=O)/C=C/c1ccccc1)[C@@H](O)C1CCCCC1. The maximum atomic E-state index is 12.2. The average Bonchev–Trinajstić information content (AvgIpc) is 2.53. The molecular formula is C18H24O2. The Bertz CT molecular complexity index is 444. The van der Waals surface area contributed by atoms with Gasteiger partial charge in [-0.3, -0.25) is 4.79 Å². The van der Waals surface area contributed by atoms with Gasteiger partial charge in [0.2, 0.25) is 0 Å². The Labute approximate surface area is 121 Å². The summed E-state index contributed by atoms with van der Waals surface area (Å²) in [5.74, 6) is 0.0119. The second-order valence-corrected chi connectivity index (χ2v) is 5.82. The molecule has 0 heterocycles. The minimum absolute atomic E-state index is 0.0203. The van der Waals surface area contributed by atoms with Crippen molar-refractivity contribution in [2.45, 2.75) is 45.1 Å². The van der Waals surface area contributed by atoms with Crippen molar-refractivity contribution in [3.05, 3.63) is 42.0 Å². The van der Waals surface area contributed by atoms with Crippen LogP contribution in [-0.4, -0.2) is 17.0 Å². The summed E-state index contributed by atoms with van der Waals surface area (Å²) in [7, 11) is 0. The highest BCUT2D eigenvalue weighted by atomic mass is 16.3. The highest BCUT2D eigenvalue weighted by Gasteiger charge is 2.29. The van der Waals surface area contributed by atoms with Gasteiger partial charge in [-0.1, -0.05) is 62.6 Å². The van der Waals surface area contributed by atoms with E-state index in [1.54, 1.807) is 6.08 Å². The van der Waals surface area contributed by atoms with E-state index in [0.717, 1.165) is 18.4 Å². The van der Waals surface area contributed by atoms with Crippen molar-refractivity contribution in [3.8, 4) is 0 Å². The minimum Gasteiger partial charge on any atom is -0.392 e. The molecule has 1 aromatic rings. The highest BCUT2D eigenvalue weighted by molar-refractivity contribution is 5.95. The van der Waals surface area contributed by atoms with Gasteiger partial charge in [0.05, 0.1) is 6.10 Å². The van der Waals surface area contributed by atoms with Crippen molar-refractivity contribution in [1.82, 2.24) is 0 Å². The molecule has 0 spiro atoms. The average molecular weight is 272 g/mol. The van der Waals surface area contributed by atoms with Crippen LogP contribution in [0.3, 0.4) is 0 Å². The van der Waals surface area contributed by atoms with Gasteiger partial charge in [0.25, 0.3) is 0 Å². The lowest BCUT2D eigenvalue weighted by atomic mass is 9.79. The first-order valence-electron chi connectivity index (χ1n) is 7.63. The topological polar surface area (TPSA) is 37.3 Å². The standard InChI is InChI=1S/C18H24O2/c1-14(18(20)16-10-6-3-7-11-16)17(19)13-12-15-8-4-2-5-9-15/h2,4-5,8-9,12-14,16,18,20H,3,6-7,10-11H2,1H3/b13-12+/t14-,18+/m0/s1. The molecule has 0 unspecified atom stereocenters. The largest absolute Gasteiger partial charge is 0.392 e. The third kappa shape index (κ3) is 4.04. The Morgan fingerprint density at radius 3 is 2.50 bits per heavy atom. The van der Waals surface area contributed by atoms with E-state index in [1.807, 2.05) is 43.3 Å². The van der Waals surface area contributed by atoms with Crippen molar-refractivity contribution < 1.29 is 9.90 Å². The van der Waals surface area contributed by atoms with Gasteiger partial charge in [0, 0.05) is 5.92 Å². The first kappa shape index (κ1) is 15.0. The second-order valence-electron chi connectivity index (χ2n) is 5.82. The normalized spacial score (nSPS) is 19.9. The van der Waals surface area contributed by atoms with Crippen LogP contribution in [0, 0.1) is 11.8 Å². The van der Waals surface area contributed by atoms with E-state index in [-0.39, 0.29) is 11.7 Å². The summed E-state index contributed by atoms with van der Waals surface area (Å²) in [6.45, 7) is 1.84. The highest BCUT2D eigenvalue weighted by Crippen LogP contribution is 2.29. The van der Waals surface area contributed by atoms with Crippen LogP contribution in [0.1, 0.15) is 44.6 Å². The Hall–Kier alpha value is -1.41. The number of ketones is 1. The molecule has 1 aliphatic carbocycles. The molecule has 0 radical (unpaired) electrons. The fourth-order valence-corrected chi connectivity index (χ4v) is 2.95. The molecule has 0 bridgehead atoms. The molecule has 1 aliphatic rings. The van der Waals surface area contributed by atoms with Crippen LogP contribution >= 0.6 is 0 Å². The molecule has 1 saturated carbocycles. The first-order valence-corrected chi connectivity index (χ1v) is 7.63. The van der Waals surface area contributed by atoms with Gasteiger partial charge in [-0.05, 0) is 30.4 Å². The van der Waals surface area contributed by atoms with Gasteiger partial charge in [0.1, 0.15) is 0 Å². The number of carbonyl (C=O) groups excluding carboxylic acids is 1. The minimum atomic E-state index is -0.497. The monoisotopic (exact) mass is 272 g/mol. The molecular weight excluding hydrogens is 248 g/mol. The molecule has 0 saturated heterocycles. The summed E-state index contributed by atoms with van der Waals surface area (Å²) in [5.41, 5.74) is 1.01. The number of rotatable bonds is 5. The van der Waals surface area contributed by atoms with Gasteiger partial charge in [-0.15, -0.1) is 0 Å². The summed E-state index contributed by atoms with van der Waals surface area (Å²) in [5, 5.41) is 10.4. The lowest BCUT2D eigenvalue weighted by Crippen LogP contribution is -2.33. The number of aliphatic hydroxyl groups excluding tert-OH is 1. The molecule has 20 heavy (non-hydrogen) atoms. The lowest BCUT2D eigenvalue weighted by Gasteiger charge is -2.29. The summed E-state index contributed by atoms with van der Waals surface area (Å²) in [6.07, 6.45) is 8.67. The van der Waals surface area contributed by atoms with Crippen LogP contribution < -0.4 is 0 Å². The van der Waals surface area contributed by atoms with Crippen molar-refractivity contribution in [2.75, 3.05) is 0 Å². The number of hydrogen-bond acceptors (Lipinski definition) is 2. The second kappa shape index (κ2) is 7.39. The Kier molecular flexibility index (Phi) is 5.54. The van der Waals surface area contributed by atoms with Gasteiger partial charge in [0.15, 0.2) is 5.78 Å². The molecule has 2 heteroatoms. The van der Waals surface area contributed by atoms with E-state index in [9.17, 15) is 9.90 Å². The first-order chi connectivity index (χ1) is 9.68. The molecule has 108 valence electrons. The predicted octanol–water partition coefficient (Wildman–Crippen LogP) is 3.85. The van der Waals surface area contributed by atoms with Gasteiger partial charge in [-0.25, -0.2) is 0 Å². The van der Waals surface area contributed by atoms with Crippen molar-refractivity contribution in [3.63, 3.8) is 0 Å². The van der Waals surface area contributed by atoms with Crippen LogP contribution in [-0.2, 0) is 4.79 Å². The molecule has 1 N–H and O–H groups in total. The zero-order chi connectivity index (χ0) is 14.4. The van der Waals surface area contributed by atoms with Crippen molar-refractivity contribution >= 4 is 11.9 Å². The van der Waals surface area contributed by atoms with Gasteiger partial charge < -0.3 is 5.11 Å². The predicted molar refractivity (Wildman–Crippen MR) is 82.2 cm³/mol. The molecule has 2 atom stereocenters. The number of allylic oxidation sites excluding steroid dienone is 1. The quantitative estimate of drug-likeness (QED) is 0.827. The maximum absolute atomic E-state index is 12.2. The van der Waals surface area contributed by atoms with E-state index in [0.29, 0.717) is 5.92 Å². The van der Waals surface area contributed by atoms with Crippen LogP contribution in [0.4, 0.5) is 0 Å². The van der Waals surface area contributed by atoms with Crippen LogP contribution in [0.15, 0.2) is 36.4 Å². The summed E-state index contributed by atoms with van der Waals surface area (Å²) >= 11 is 0. The number of hydrogen-bond donors (Lipinski definition) is 1. The number of aliphatic hydroxyl groups is 1. The molecule has 2 rings (SSSR count). The summed E-state index contributed by atoms with van der Waals surface area (Å²) in [4.78, 5) is 12.2. The van der Waals surface area contributed by atoms with Gasteiger partial charge >= 0.3 is 0 Å². The third-order valence-corrected chi connectivity index (χ3v) is 4.33. The van der Waals surface area contributed by atoms with E-state index in [2.05, 4.69) is 0 Å². The molecule has 0 aromatic heterocycles. The Morgan fingerprint density at radius 2 is 1.85 bits per heavy atom. The maximum Gasteiger partial charge on any atom is 0.161 e. The molecule has 1 aromatic carbocycles. The van der Waals surface area contributed by atoms with E-state index < -0.39 is 6.10 Å². The van der Waals surface area contributed by atoms with Crippen LogP contribution in [0.5, 0.6) is 0 Å². The number of carbonyl (C=O) groups is 1. The summed E-state index contributed by atoms with van der Waals surface area (Å²) in [6, 6.07) is 9.78. The molecule has 2 nitrogen and oxygen atoms in total. The number of benzene rings is 1. The fourth-order valence-electron chi connectivity index (χ4n) is 2.95. The van der Waals surface area contributed by atoms with E-state index in [4.69, 9.17) is 0 Å². The zero-order valence-corrected chi connectivity index (χ0v) is 12.2. The van der Waals surface area contributed by atoms with E-state index >= 15 is 0 Å². The smallest absolute Gasteiger partial charge is 0.161 e. The van der Waals surface area contributed by atoms with Gasteiger partial charge in [-0.2, -0.15) is 0 Å². The van der Waals surface area contributed by atoms with E-state index in [1.165, 1.54) is 19.3 Å². The summed E-state index contributed by atoms with van der Waals surface area (Å²) < 4.78 is 0. The van der Waals surface area contributed by atoms with Crippen LogP contribution in [0.2, 0.25) is 0 Å². The molecule has 1 fully saturated rings. The van der Waals surface area contributed by atoms with Crippen molar-refractivity contribution in [1.29, 1.82) is 0 Å². The Morgan fingerprint density at radius 1 is 1.20 bits per heavy atom. The lowest BCUT2D eigenvalue weighted by molar-refractivity contribution is -0.122.